The average Bonchev–Trinajstić information content (AvgIpc) is 2.72. The lowest BCUT2D eigenvalue weighted by atomic mass is 9.88. The number of carbonyl (C=O) groups excluding carboxylic acids is 2. The molecule has 0 radical (unpaired) electrons. The molecule has 0 saturated carbocycles. The summed E-state index contributed by atoms with van der Waals surface area (Å²) in [4.78, 5) is 28.0. The van der Waals surface area contributed by atoms with Crippen LogP contribution in [0.3, 0.4) is 0 Å². The maximum Gasteiger partial charge on any atom is 0.358 e. The standard InChI is InChI=1S/C14H22N2O3S/c1-7-19-12(18)10-11(8(2)17)20-13(16-10)15-9(3)14(4,5)6/h9H,7H2,1-6H3,(H,15,16). The molecule has 0 aliphatic rings. The van der Waals surface area contributed by atoms with Gasteiger partial charge in [-0.25, -0.2) is 9.78 Å². The zero-order chi connectivity index (χ0) is 15.5. The summed E-state index contributed by atoms with van der Waals surface area (Å²) in [5.74, 6) is -0.729. The lowest BCUT2D eigenvalue weighted by Gasteiger charge is -2.27. The van der Waals surface area contributed by atoms with E-state index in [1.54, 1.807) is 6.92 Å². The average molecular weight is 298 g/mol. The molecule has 1 aromatic rings. The quantitative estimate of drug-likeness (QED) is 0.666. The minimum absolute atomic E-state index is 0.0478. The Morgan fingerprint density at radius 1 is 1.40 bits per heavy atom. The normalized spacial score (nSPS) is 12.9. The number of anilines is 1. The summed E-state index contributed by atoms with van der Waals surface area (Å²) in [6, 6.07) is 0.156. The van der Waals surface area contributed by atoms with Crippen molar-refractivity contribution < 1.29 is 14.3 Å². The van der Waals surface area contributed by atoms with E-state index in [1.807, 2.05) is 6.92 Å². The van der Waals surface area contributed by atoms with E-state index in [1.165, 1.54) is 18.3 Å². The molecule has 5 nitrogen and oxygen atoms in total. The molecule has 1 aromatic heterocycles. The summed E-state index contributed by atoms with van der Waals surface area (Å²) in [6.45, 7) is 11.8. The summed E-state index contributed by atoms with van der Waals surface area (Å²) >= 11 is 1.19. The second-order valence-electron chi connectivity index (χ2n) is 5.71. The Kier molecular flexibility index (Phi) is 5.28. The van der Waals surface area contributed by atoms with Crippen LogP contribution < -0.4 is 5.32 Å². The monoisotopic (exact) mass is 298 g/mol. The first kappa shape index (κ1) is 16.6. The predicted molar refractivity (Wildman–Crippen MR) is 80.6 cm³/mol. The molecule has 1 rings (SSSR count). The lowest BCUT2D eigenvalue weighted by molar-refractivity contribution is 0.0517. The Morgan fingerprint density at radius 3 is 2.45 bits per heavy atom. The lowest BCUT2D eigenvalue weighted by Crippen LogP contribution is -2.30. The number of nitrogens with zero attached hydrogens (tertiary/aromatic N) is 1. The molecule has 0 amide bonds. The Balaban J connectivity index is 3.04. The van der Waals surface area contributed by atoms with Crippen molar-refractivity contribution in [3.63, 3.8) is 0 Å². The van der Waals surface area contributed by atoms with E-state index in [0.29, 0.717) is 10.0 Å². The van der Waals surface area contributed by atoms with Crippen molar-refractivity contribution in [2.24, 2.45) is 5.41 Å². The molecule has 0 aromatic carbocycles. The molecule has 0 fully saturated rings. The van der Waals surface area contributed by atoms with Crippen LogP contribution in [0.25, 0.3) is 0 Å². The third-order valence-corrected chi connectivity index (χ3v) is 4.14. The van der Waals surface area contributed by atoms with Gasteiger partial charge in [0, 0.05) is 13.0 Å². The highest BCUT2D eigenvalue weighted by Crippen LogP contribution is 2.28. The summed E-state index contributed by atoms with van der Waals surface area (Å²) in [6.07, 6.45) is 0. The van der Waals surface area contributed by atoms with Gasteiger partial charge in [0.2, 0.25) is 0 Å². The number of ketones is 1. The molecular weight excluding hydrogens is 276 g/mol. The van der Waals surface area contributed by atoms with Crippen LogP contribution >= 0.6 is 11.3 Å². The number of rotatable bonds is 5. The summed E-state index contributed by atoms with van der Waals surface area (Å²) < 4.78 is 4.93. The van der Waals surface area contributed by atoms with Crippen molar-refractivity contribution in [2.75, 3.05) is 11.9 Å². The SMILES string of the molecule is CCOC(=O)c1nc(NC(C)C(C)(C)C)sc1C(C)=O. The largest absolute Gasteiger partial charge is 0.461 e. The van der Waals surface area contributed by atoms with Crippen LogP contribution in [0.4, 0.5) is 5.13 Å². The number of nitrogens with one attached hydrogen (secondary N) is 1. The summed E-state index contributed by atoms with van der Waals surface area (Å²) in [5, 5.41) is 3.81. The van der Waals surface area contributed by atoms with Crippen molar-refractivity contribution in [2.45, 2.75) is 47.6 Å². The molecule has 6 heteroatoms. The van der Waals surface area contributed by atoms with Crippen molar-refractivity contribution in [1.82, 2.24) is 4.98 Å². The van der Waals surface area contributed by atoms with Gasteiger partial charge in [0.15, 0.2) is 16.6 Å². The van der Waals surface area contributed by atoms with Crippen LogP contribution in [0.15, 0.2) is 0 Å². The number of carbonyl (C=O) groups is 2. The van der Waals surface area contributed by atoms with Crippen molar-refractivity contribution >= 4 is 28.2 Å². The van der Waals surface area contributed by atoms with Crippen LogP contribution in [0, 0.1) is 5.41 Å². The summed E-state index contributed by atoms with van der Waals surface area (Å²) in [7, 11) is 0. The van der Waals surface area contributed by atoms with E-state index < -0.39 is 5.97 Å². The number of thiazole rings is 1. The van der Waals surface area contributed by atoms with Crippen LogP contribution in [0.2, 0.25) is 0 Å². The third kappa shape index (κ3) is 4.03. The van der Waals surface area contributed by atoms with Gasteiger partial charge < -0.3 is 10.1 Å². The number of hydrogen-bond donors (Lipinski definition) is 1. The number of Topliss-reactive ketones (excluding diaryl/α,β-unsaturated/α-hetero) is 1. The molecule has 1 atom stereocenters. The highest BCUT2D eigenvalue weighted by Gasteiger charge is 2.25. The molecule has 0 spiro atoms. The predicted octanol–water partition coefficient (Wildman–Crippen LogP) is 3.37. The van der Waals surface area contributed by atoms with E-state index in [-0.39, 0.29) is 29.5 Å². The molecule has 20 heavy (non-hydrogen) atoms. The Hall–Kier alpha value is -1.43. The summed E-state index contributed by atoms with van der Waals surface area (Å²) in [5.41, 5.74) is 0.152. The minimum Gasteiger partial charge on any atom is -0.461 e. The zero-order valence-corrected chi connectivity index (χ0v) is 13.7. The van der Waals surface area contributed by atoms with Gasteiger partial charge in [0.25, 0.3) is 0 Å². The van der Waals surface area contributed by atoms with E-state index in [9.17, 15) is 9.59 Å². The molecule has 0 saturated heterocycles. The molecule has 1 heterocycles. The minimum atomic E-state index is -0.551. The Morgan fingerprint density at radius 2 is 2.00 bits per heavy atom. The van der Waals surface area contributed by atoms with Crippen LogP contribution in [-0.4, -0.2) is 29.4 Å². The van der Waals surface area contributed by atoms with Gasteiger partial charge >= 0.3 is 5.97 Å². The fraction of sp³-hybridized carbons (Fsp3) is 0.643. The van der Waals surface area contributed by atoms with Gasteiger partial charge in [-0.2, -0.15) is 0 Å². The fourth-order valence-electron chi connectivity index (χ4n) is 1.36. The van der Waals surface area contributed by atoms with Gasteiger partial charge in [0.1, 0.15) is 4.88 Å². The molecule has 112 valence electrons. The second kappa shape index (κ2) is 6.35. The van der Waals surface area contributed by atoms with Crippen molar-refractivity contribution in [1.29, 1.82) is 0 Å². The van der Waals surface area contributed by atoms with Gasteiger partial charge in [0.05, 0.1) is 6.61 Å². The molecular formula is C14H22N2O3S. The number of esters is 1. The fourth-order valence-corrected chi connectivity index (χ4v) is 2.30. The topological polar surface area (TPSA) is 68.3 Å². The van der Waals surface area contributed by atoms with Crippen LogP contribution in [0.5, 0.6) is 0 Å². The van der Waals surface area contributed by atoms with Gasteiger partial charge in [-0.15, -0.1) is 0 Å². The van der Waals surface area contributed by atoms with Crippen LogP contribution in [0.1, 0.15) is 61.7 Å². The second-order valence-corrected chi connectivity index (χ2v) is 6.70. The van der Waals surface area contributed by atoms with Gasteiger partial charge in [-0.1, -0.05) is 32.1 Å². The van der Waals surface area contributed by atoms with E-state index in [0.717, 1.165) is 0 Å². The third-order valence-electron chi connectivity index (χ3n) is 3.05. The number of hydrogen-bond acceptors (Lipinski definition) is 6. The first-order valence-electron chi connectivity index (χ1n) is 6.62. The van der Waals surface area contributed by atoms with E-state index >= 15 is 0 Å². The first-order chi connectivity index (χ1) is 9.16. The van der Waals surface area contributed by atoms with Gasteiger partial charge in [-0.05, 0) is 19.3 Å². The van der Waals surface area contributed by atoms with Gasteiger partial charge in [-0.3, -0.25) is 4.79 Å². The first-order valence-corrected chi connectivity index (χ1v) is 7.43. The molecule has 0 bridgehead atoms. The molecule has 0 aliphatic heterocycles. The maximum atomic E-state index is 11.8. The van der Waals surface area contributed by atoms with E-state index in [4.69, 9.17) is 4.74 Å². The van der Waals surface area contributed by atoms with Crippen molar-refractivity contribution in [3.05, 3.63) is 10.6 Å². The highest BCUT2D eigenvalue weighted by molar-refractivity contribution is 7.17. The van der Waals surface area contributed by atoms with Crippen LogP contribution in [-0.2, 0) is 4.74 Å². The highest BCUT2D eigenvalue weighted by atomic mass is 32.1. The molecule has 0 aliphatic carbocycles. The number of ether oxygens (including phenoxy) is 1. The molecule has 1 N–H and O–H groups in total. The zero-order valence-electron chi connectivity index (χ0n) is 12.9. The smallest absolute Gasteiger partial charge is 0.358 e. The van der Waals surface area contributed by atoms with Crippen molar-refractivity contribution in [3.8, 4) is 0 Å². The Bertz CT molecular complexity index is 503. The Labute approximate surface area is 123 Å². The number of aromatic nitrogens is 1. The molecule has 1 unspecified atom stereocenters. The maximum absolute atomic E-state index is 11.8. The van der Waals surface area contributed by atoms with E-state index in [2.05, 4.69) is 31.1 Å².